The summed E-state index contributed by atoms with van der Waals surface area (Å²) in [7, 11) is 0. The number of benzene rings is 1. The van der Waals surface area contributed by atoms with Crippen LogP contribution >= 0.6 is 0 Å². The normalized spacial score (nSPS) is 12.0. The molecule has 1 N–H and O–H groups in total. The molecule has 0 aliphatic rings. The van der Waals surface area contributed by atoms with Crippen LogP contribution in [-0.4, -0.2) is 17.5 Å². The molecule has 1 atom stereocenters. The number of ether oxygens (including phenoxy) is 1. The number of carbonyl (C=O) groups is 1. The number of nitrogens with one attached hydrogen (secondary N) is 1. The SMILES string of the molecule is C[C@@H](NC(=O)c1cccnc1)c1cccc(OC(F)F)c1. The number of aromatic nitrogens is 1. The molecule has 0 saturated heterocycles. The third kappa shape index (κ3) is 4.24. The number of carbonyl (C=O) groups excluding carboxylic acids is 1. The van der Waals surface area contributed by atoms with E-state index in [-0.39, 0.29) is 17.7 Å². The molecule has 0 fully saturated rings. The number of halogens is 2. The largest absolute Gasteiger partial charge is 0.435 e. The molecule has 6 heteroatoms. The second-order valence-corrected chi connectivity index (χ2v) is 4.39. The Bertz CT molecular complexity index is 606. The summed E-state index contributed by atoms with van der Waals surface area (Å²) in [6.45, 7) is -1.11. The van der Waals surface area contributed by atoms with Crippen molar-refractivity contribution in [2.24, 2.45) is 0 Å². The summed E-state index contributed by atoms with van der Waals surface area (Å²) in [5.41, 5.74) is 1.11. The Kier molecular flexibility index (Phi) is 4.81. The van der Waals surface area contributed by atoms with Gasteiger partial charge in [0.2, 0.25) is 0 Å². The molecule has 2 rings (SSSR count). The van der Waals surface area contributed by atoms with Crippen molar-refractivity contribution in [3.05, 3.63) is 59.9 Å². The van der Waals surface area contributed by atoms with Crippen molar-refractivity contribution >= 4 is 5.91 Å². The fourth-order valence-corrected chi connectivity index (χ4v) is 1.82. The number of hydrogen-bond donors (Lipinski definition) is 1. The van der Waals surface area contributed by atoms with Gasteiger partial charge in [-0.1, -0.05) is 12.1 Å². The number of nitrogens with zero attached hydrogens (tertiary/aromatic N) is 1. The molecule has 1 aromatic heterocycles. The Morgan fingerprint density at radius 3 is 2.76 bits per heavy atom. The summed E-state index contributed by atoms with van der Waals surface area (Å²) in [4.78, 5) is 15.9. The highest BCUT2D eigenvalue weighted by Gasteiger charge is 2.13. The van der Waals surface area contributed by atoms with Crippen LogP contribution in [0.3, 0.4) is 0 Å². The lowest BCUT2D eigenvalue weighted by molar-refractivity contribution is -0.0499. The molecular weight excluding hydrogens is 278 g/mol. The van der Waals surface area contributed by atoms with Crippen LogP contribution in [0, 0.1) is 0 Å². The Hall–Kier alpha value is -2.50. The van der Waals surface area contributed by atoms with Crippen LogP contribution in [0.4, 0.5) is 8.78 Å². The van der Waals surface area contributed by atoms with Crippen molar-refractivity contribution < 1.29 is 18.3 Å². The van der Waals surface area contributed by atoms with E-state index in [1.54, 1.807) is 37.4 Å². The Labute approximate surface area is 120 Å². The first-order valence-corrected chi connectivity index (χ1v) is 6.32. The maximum Gasteiger partial charge on any atom is 0.387 e. The molecule has 21 heavy (non-hydrogen) atoms. The summed E-state index contributed by atoms with van der Waals surface area (Å²) >= 11 is 0. The summed E-state index contributed by atoms with van der Waals surface area (Å²) < 4.78 is 28.7. The van der Waals surface area contributed by atoms with Gasteiger partial charge in [-0.3, -0.25) is 9.78 Å². The minimum Gasteiger partial charge on any atom is -0.435 e. The van der Waals surface area contributed by atoms with E-state index in [0.717, 1.165) is 0 Å². The molecule has 1 heterocycles. The van der Waals surface area contributed by atoms with Crippen molar-refractivity contribution in [1.82, 2.24) is 10.3 Å². The molecule has 1 aromatic carbocycles. The average molecular weight is 292 g/mol. The first kappa shape index (κ1) is 14.9. The van der Waals surface area contributed by atoms with E-state index in [1.807, 2.05) is 0 Å². The molecule has 0 spiro atoms. The van der Waals surface area contributed by atoms with Gasteiger partial charge in [0.1, 0.15) is 5.75 Å². The van der Waals surface area contributed by atoms with Crippen molar-refractivity contribution in [2.45, 2.75) is 19.6 Å². The summed E-state index contributed by atoms with van der Waals surface area (Å²) in [5.74, 6) is -0.222. The number of hydrogen-bond acceptors (Lipinski definition) is 3. The van der Waals surface area contributed by atoms with Crippen molar-refractivity contribution in [3.8, 4) is 5.75 Å². The van der Waals surface area contributed by atoms with Gasteiger partial charge in [0.05, 0.1) is 11.6 Å². The monoisotopic (exact) mass is 292 g/mol. The van der Waals surface area contributed by atoms with Gasteiger partial charge in [-0.25, -0.2) is 0 Å². The zero-order valence-electron chi connectivity index (χ0n) is 11.3. The van der Waals surface area contributed by atoms with Crippen LogP contribution in [-0.2, 0) is 0 Å². The third-order valence-corrected chi connectivity index (χ3v) is 2.85. The number of rotatable bonds is 5. The van der Waals surface area contributed by atoms with Crippen molar-refractivity contribution in [2.75, 3.05) is 0 Å². The number of alkyl halides is 2. The van der Waals surface area contributed by atoms with Gasteiger partial charge in [0, 0.05) is 12.4 Å². The maximum atomic E-state index is 12.2. The predicted molar refractivity (Wildman–Crippen MR) is 73.2 cm³/mol. The Morgan fingerprint density at radius 1 is 1.29 bits per heavy atom. The summed E-state index contributed by atoms with van der Waals surface area (Å²) in [6, 6.07) is 9.19. The van der Waals surface area contributed by atoms with Gasteiger partial charge >= 0.3 is 6.61 Å². The zero-order chi connectivity index (χ0) is 15.2. The fraction of sp³-hybridized carbons (Fsp3) is 0.200. The summed E-state index contributed by atoms with van der Waals surface area (Å²) in [5, 5.41) is 2.77. The lowest BCUT2D eigenvalue weighted by Gasteiger charge is -2.15. The predicted octanol–water partition coefficient (Wildman–Crippen LogP) is 3.17. The molecule has 0 bridgehead atoms. The second kappa shape index (κ2) is 6.78. The maximum absolute atomic E-state index is 12.2. The highest BCUT2D eigenvalue weighted by Crippen LogP contribution is 2.20. The van der Waals surface area contributed by atoms with E-state index < -0.39 is 6.61 Å². The number of pyridine rings is 1. The fourth-order valence-electron chi connectivity index (χ4n) is 1.82. The molecule has 0 unspecified atom stereocenters. The average Bonchev–Trinajstić information content (AvgIpc) is 2.47. The molecule has 0 aliphatic heterocycles. The van der Waals surface area contributed by atoms with E-state index in [0.29, 0.717) is 11.1 Å². The molecular formula is C15H14F2N2O2. The standard InChI is InChI=1S/C15H14F2N2O2/c1-10(19-14(20)12-5-3-7-18-9-12)11-4-2-6-13(8-11)21-15(16)17/h2-10,15H,1H3,(H,19,20)/t10-/m1/s1. The van der Waals surface area contributed by atoms with Gasteiger partial charge in [0.15, 0.2) is 0 Å². The first-order chi connectivity index (χ1) is 10.1. The van der Waals surface area contributed by atoms with Crippen LogP contribution in [0.1, 0.15) is 28.9 Å². The van der Waals surface area contributed by atoms with Crippen LogP contribution in [0.25, 0.3) is 0 Å². The minimum absolute atomic E-state index is 0.0602. The Balaban J connectivity index is 2.06. The minimum atomic E-state index is -2.87. The van der Waals surface area contributed by atoms with E-state index in [4.69, 9.17) is 0 Å². The zero-order valence-corrected chi connectivity index (χ0v) is 11.3. The lowest BCUT2D eigenvalue weighted by atomic mass is 10.1. The van der Waals surface area contributed by atoms with Crippen molar-refractivity contribution in [3.63, 3.8) is 0 Å². The molecule has 0 aliphatic carbocycles. The first-order valence-electron chi connectivity index (χ1n) is 6.32. The lowest BCUT2D eigenvalue weighted by Crippen LogP contribution is -2.26. The number of amides is 1. The van der Waals surface area contributed by atoms with Gasteiger partial charge in [0.25, 0.3) is 5.91 Å². The van der Waals surface area contributed by atoms with Gasteiger partial charge < -0.3 is 10.1 Å². The quantitative estimate of drug-likeness (QED) is 0.921. The third-order valence-electron chi connectivity index (χ3n) is 2.85. The van der Waals surface area contributed by atoms with Crippen LogP contribution in [0.2, 0.25) is 0 Å². The highest BCUT2D eigenvalue weighted by molar-refractivity contribution is 5.94. The molecule has 0 saturated carbocycles. The highest BCUT2D eigenvalue weighted by atomic mass is 19.3. The van der Waals surface area contributed by atoms with Gasteiger partial charge in [-0.05, 0) is 36.8 Å². The molecule has 110 valence electrons. The van der Waals surface area contributed by atoms with E-state index in [9.17, 15) is 13.6 Å². The van der Waals surface area contributed by atoms with Gasteiger partial charge in [-0.2, -0.15) is 8.78 Å². The molecule has 0 radical (unpaired) electrons. The van der Waals surface area contributed by atoms with Crippen LogP contribution in [0.5, 0.6) is 5.75 Å². The topological polar surface area (TPSA) is 51.2 Å². The van der Waals surface area contributed by atoms with E-state index in [2.05, 4.69) is 15.0 Å². The molecule has 4 nitrogen and oxygen atoms in total. The van der Waals surface area contributed by atoms with Crippen LogP contribution in [0.15, 0.2) is 48.8 Å². The van der Waals surface area contributed by atoms with E-state index in [1.165, 1.54) is 18.3 Å². The molecule has 2 aromatic rings. The Morgan fingerprint density at radius 2 is 2.10 bits per heavy atom. The van der Waals surface area contributed by atoms with E-state index >= 15 is 0 Å². The van der Waals surface area contributed by atoms with Crippen LogP contribution < -0.4 is 10.1 Å². The van der Waals surface area contributed by atoms with Crippen molar-refractivity contribution in [1.29, 1.82) is 0 Å². The second-order valence-electron chi connectivity index (χ2n) is 4.39. The summed E-state index contributed by atoms with van der Waals surface area (Å²) in [6.07, 6.45) is 3.03. The molecule has 1 amide bonds. The smallest absolute Gasteiger partial charge is 0.387 e. The van der Waals surface area contributed by atoms with Gasteiger partial charge in [-0.15, -0.1) is 0 Å².